The molecular weight excluding hydrogens is 442 g/mol. The maximum atomic E-state index is 13.7. The normalized spacial score (nSPS) is 21.1. The molecule has 5 rings (SSSR count). The minimum Gasteiger partial charge on any atom is -0.495 e. The van der Waals surface area contributed by atoms with Crippen LogP contribution in [0.4, 0.5) is 0 Å². The summed E-state index contributed by atoms with van der Waals surface area (Å²) in [6.07, 6.45) is 10.3. The smallest absolute Gasteiger partial charge is 0.335 e. The number of nitrogens with zero attached hydrogens (tertiary/aromatic N) is 3. The first-order valence-electron chi connectivity index (χ1n) is 12.0. The van der Waals surface area contributed by atoms with Crippen LogP contribution in [-0.4, -0.2) is 44.6 Å². The number of methoxy groups -OCH3 is 1. The summed E-state index contributed by atoms with van der Waals surface area (Å²) >= 11 is 0. The van der Waals surface area contributed by atoms with Crippen LogP contribution in [0.3, 0.4) is 0 Å². The molecular formula is C28H29N3O4. The number of aryl methyl sites for hydroxylation is 1. The van der Waals surface area contributed by atoms with Gasteiger partial charge in [-0.25, -0.2) is 9.78 Å². The molecule has 2 saturated heterocycles. The summed E-state index contributed by atoms with van der Waals surface area (Å²) in [7, 11) is 1.64. The van der Waals surface area contributed by atoms with Gasteiger partial charge in [0.05, 0.1) is 36.4 Å². The lowest BCUT2D eigenvalue weighted by Gasteiger charge is -2.46. The molecule has 0 aliphatic carbocycles. The molecule has 0 unspecified atom stereocenters. The number of imidazole rings is 1. The van der Waals surface area contributed by atoms with E-state index in [9.17, 15) is 14.7 Å². The zero-order valence-corrected chi connectivity index (χ0v) is 20.0. The number of rotatable bonds is 5. The zero-order valence-electron chi connectivity index (χ0n) is 20.0. The van der Waals surface area contributed by atoms with Gasteiger partial charge in [0, 0.05) is 17.8 Å². The van der Waals surface area contributed by atoms with E-state index in [1.807, 2.05) is 59.0 Å². The number of hydrogen-bond donors (Lipinski definition) is 1. The number of benzene rings is 2. The molecule has 1 aromatic heterocycles. The Morgan fingerprint density at radius 3 is 2.63 bits per heavy atom. The molecule has 2 atom stereocenters. The molecule has 2 fully saturated rings. The summed E-state index contributed by atoms with van der Waals surface area (Å²) in [6.45, 7) is 1.94. The van der Waals surface area contributed by atoms with Crippen LogP contribution in [0.25, 0.3) is 11.8 Å². The second-order valence-corrected chi connectivity index (χ2v) is 9.30. The second kappa shape index (κ2) is 9.41. The summed E-state index contributed by atoms with van der Waals surface area (Å²) in [5, 5.41) is 9.23. The lowest BCUT2D eigenvalue weighted by molar-refractivity contribution is -0.136. The molecule has 1 amide bonds. The summed E-state index contributed by atoms with van der Waals surface area (Å²) in [5.74, 6) is -0.157. The monoisotopic (exact) mass is 471 g/mol. The number of amides is 1. The van der Waals surface area contributed by atoms with Gasteiger partial charge in [0.1, 0.15) is 5.75 Å². The van der Waals surface area contributed by atoms with Gasteiger partial charge in [0.15, 0.2) is 0 Å². The molecule has 1 N–H and O–H groups in total. The number of carbonyl (C=O) groups excluding carboxylic acids is 1. The second-order valence-electron chi connectivity index (χ2n) is 9.30. The van der Waals surface area contributed by atoms with E-state index < -0.39 is 5.97 Å². The maximum absolute atomic E-state index is 13.7. The Morgan fingerprint density at radius 1 is 1.14 bits per heavy atom. The molecule has 3 heterocycles. The summed E-state index contributed by atoms with van der Waals surface area (Å²) < 4.78 is 7.56. The fourth-order valence-corrected chi connectivity index (χ4v) is 5.33. The number of aromatic nitrogens is 2. The average Bonchev–Trinajstić information content (AvgIpc) is 3.31. The van der Waals surface area contributed by atoms with Crippen LogP contribution in [0.2, 0.25) is 0 Å². The summed E-state index contributed by atoms with van der Waals surface area (Å²) in [4.78, 5) is 31.3. The van der Waals surface area contributed by atoms with E-state index in [0.29, 0.717) is 5.75 Å². The van der Waals surface area contributed by atoms with E-state index in [1.165, 1.54) is 0 Å². The van der Waals surface area contributed by atoms with Gasteiger partial charge >= 0.3 is 5.97 Å². The van der Waals surface area contributed by atoms with Crippen LogP contribution in [0.15, 0.2) is 60.6 Å². The Bertz CT molecular complexity index is 1290. The van der Waals surface area contributed by atoms with Crippen LogP contribution < -0.4 is 4.74 Å². The molecule has 0 spiro atoms. The van der Waals surface area contributed by atoms with Crippen molar-refractivity contribution in [2.24, 2.45) is 0 Å². The first kappa shape index (κ1) is 22.9. The van der Waals surface area contributed by atoms with E-state index >= 15 is 0 Å². The van der Waals surface area contributed by atoms with Gasteiger partial charge in [-0.15, -0.1) is 0 Å². The molecule has 180 valence electrons. The Morgan fingerprint density at radius 2 is 1.94 bits per heavy atom. The van der Waals surface area contributed by atoms with Gasteiger partial charge in [-0.2, -0.15) is 0 Å². The summed E-state index contributed by atoms with van der Waals surface area (Å²) in [5.41, 5.74) is 4.79. The van der Waals surface area contributed by atoms with Crippen molar-refractivity contribution in [2.75, 3.05) is 7.11 Å². The number of hydrogen-bond acceptors (Lipinski definition) is 4. The predicted octanol–water partition coefficient (Wildman–Crippen LogP) is 5.19. The first-order valence-corrected chi connectivity index (χ1v) is 12.0. The number of carboxylic acid groups (broad SMARTS) is 1. The molecule has 0 radical (unpaired) electrons. The Hall–Kier alpha value is -3.87. The molecule has 2 aliphatic heterocycles. The highest BCUT2D eigenvalue weighted by Gasteiger charge is 2.39. The highest BCUT2D eigenvalue weighted by molar-refractivity contribution is 5.99. The fraction of sp³-hybridized carbons (Fsp3) is 0.321. The highest BCUT2D eigenvalue weighted by atomic mass is 16.5. The van der Waals surface area contributed by atoms with E-state index in [0.717, 1.165) is 60.2 Å². The van der Waals surface area contributed by atoms with Crippen LogP contribution in [-0.2, 0) is 4.79 Å². The number of carbonyl (C=O) groups is 2. The van der Waals surface area contributed by atoms with Crippen LogP contribution in [0.5, 0.6) is 5.75 Å². The molecule has 7 heteroatoms. The lowest BCUT2D eigenvalue weighted by Crippen LogP contribution is -2.49. The van der Waals surface area contributed by atoms with Crippen molar-refractivity contribution in [3.05, 3.63) is 82.9 Å². The molecule has 7 nitrogen and oxygen atoms in total. The molecule has 2 aromatic carbocycles. The highest BCUT2D eigenvalue weighted by Crippen LogP contribution is 2.41. The number of piperidine rings is 2. The van der Waals surface area contributed by atoms with Crippen molar-refractivity contribution in [3.8, 4) is 11.4 Å². The number of ether oxygens (including phenoxy) is 1. The van der Waals surface area contributed by atoms with Crippen LogP contribution in [0, 0.1) is 6.92 Å². The Balaban J connectivity index is 1.43. The Labute approximate surface area is 204 Å². The van der Waals surface area contributed by atoms with E-state index in [-0.39, 0.29) is 23.6 Å². The topological polar surface area (TPSA) is 84.7 Å². The third kappa shape index (κ3) is 4.46. The maximum Gasteiger partial charge on any atom is 0.335 e. The Kier molecular flexibility index (Phi) is 6.16. The van der Waals surface area contributed by atoms with Crippen molar-refractivity contribution < 1.29 is 19.4 Å². The van der Waals surface area contributed by atoms with Crippen molar-refractivity contribution in [1.82, 2.24) is 14.5 Å². The molecule has 35 heavy (non-hydrogen) atoms. The third-order valence-corrected chi connectivity index (χ3v) is 7.08. The molecule has 0 saturated carbocycles. The first-order chi connectivity index (χ1) is 16.9. The fourth-order valence-electron chi connectivity index (χ4n) is 5.33. The molecule has 0 bridgehead atoms. The quantitative estimate of drug-likeness (QED) is 0.518. The number of fused-ring (bicyclic) bond motifs is 1. The lowest BCUT2D eigenvalue weighted by atomic mass is 9.83. The van der Waals surface area contributed by atoms with Crippen molar-refractivity contribution in [3.63, 3.8) is 0 Å². The number of carboxylic acids is 1. The third-order valence-electron chi connectivity index (χ3n) is 7.08. The van der Waals surface area contributed by atoms with Crippen molar-refractivity contribution in [1.29, 1.82) is 0 Å². The van der Waals surface area contributed by atoms with Gasteiger partial charge in [0.25, 0.3) is 5.91 Å². The van der Waals surface area contributed by atoms with Crippen LogP contribution >= 0.6 is 0 Å². The number of aromatic carboxylic acids is 1. The SMILES string of the molecule is COc1cc(C=C2CC[C@H]3CCC[C@@H](c4ccc(C(=O)O)cc4)N3C2=O)ccc1-n1cnc(C)c1. The van der Waals surface area contributed by atoms with E-state index in [2.05, 4.69) is 4.98 Å². The van der Waals surface area contributed by atoms with E-state index in [1.54, 1.807) is 25.6 Å². The van der Waals surface area contributed by atoms with Gasteiger partial charge in [-0.05, 0) is 80.5 Å². The molecule has 3 aromatic rings. The van der Waals surface area contributed by atoms with Crippen molar-refractivity contribution >= 4 is 18.0 Å². The van der Waals surface area contributed by atoms with Gasteiger partial charge in [-0.1, -0.05) is 18.2 Å². The molecule has 2 aliphatic rings. The minimum absolute atomic E-state index is 0.0332. The van der Waals surface area contributed by atoms with Gasteiger partial charge < -0.3 is 19.3 Å². The standard InChI is InChI=1S/C28H29N3O4/c1-18-16-30(17-29-18)25-13-6-19(15-26(25)35-2)14-22-11-12-23-4-3-5-24(31(23)27(22)32)20-7-9-21(10-8-20)28(33)34/h6-10,13-17,23-24H,3-5,11-12H2,1-2H3,(H,33,34)/t23-,24+/m1/s1. The largest absolute Gasteiger partial charge is 0.495 e. The minimum atomic E-state index is -0.943. The average molecular weight is 472 g/mol. The zero-order chi connectivity index (χ0) is 24.5. The van der Waals surface area contributed by atoms with Crippen LogP contribution in [0.1, 0.15) is 65.3 Å². The summed E-state index contributed by atoms with van der Waals surface area (Å²) in [6, 6.07) is 13.1. The van der Waals surface area contributed by atoms with Gasteiger partial charge in [-0.3, -0.25) is 4.79 Å². The predicted molar refractivity (Wildman–Crippen MR) is 133 cm³/mol. The van der Waals surface area contributed by atoms with E-state index in [4.69, 9.17) is 4.74 Å². The van der Waals surface area contributed by atoms with Gasteiger partial charge in [0.2, 0.25) is 0 Å². The van der Waals surface area contributed by atoms with Crippen molar-refractivity contribution in [2.45, 2.75) is 51.1 Å².